The van der Waals surface area contributed by atoms with Gasteiger partial charge in [0.15, 0.2) is 0 Å². The fourth-order valence-electron chi connectivity index (χ4n) is 1.30. The second-order valence-electron chi connectivity index (χ2n) is 4.13. The number of ether oxygens (including phenoxy) is 1. The maximum atomic E-state index is 11.2. The van der Waals surface area contributed by atoms with E-state index in [4.69, 9.17) is 4.74 Å². The third kappa shape index (κ3) is 5.36. The van der Waals surface area contributed by atoms with Gasteiger partial charge in [-0.05, 0) is 24.6 Å². The van der Waals surface area contributed by atoms with Crippen LogP contribution in [0.25, 0.3) is 0 Å². The highest BCUT2D eigenvalue weighted by molar-refractivity contribution is 5.77. The Bertz CT molecular complexity index is 364. The van der Waals surface area contributed by atoms with Crippen molar-refractivity contribution in [2.24, 2.45) is 0 Å². The van der Waals surface area contributed by atoms with Crippen molar-refractivity contribution in [3.05, 3.63) is 29.8 Å². The Hall–Kier alpha value is -1.55. The fourth-order valence-corrected chi connectivity index (χ4v) is 1.30. The first-order chi connectivity index (χ1) is 8.09. The number of hydrogen-bond acceptors (Lipinski definition) is 3. The van der Waals surface area contributed by atoms with Gasteiger partial charge in [-0.3, -0.25) is 4.79 Å². The van der Waals surface area contributed by atoms with E-state index in [1.165, 1.54) is 5.56 Å². The largest absolute Gasteiger partial charge is 0.492 e. The molecular formula is C13H20N2O2. The number of carbonyl (C=O) groups is 1. The Morgan fingerprint density at radius 2 is 2.18 bits per heavy atom. The predicted octanol–water partition coefficient (Wildman–Crippen LogP) is 1.05. The van der Waals surface area contributed by atoms with E-state index in [1.807, 2.05) is 31.2 Å². The number of hydrogen-bond donors (Lipinski definition) is 1. The summed E-state index contributed by atoms with van der Waals surface area (Å²) >= 11 is 0. The lowest BCUT2D eigenvalue weighted by Gasteiger charge is -2.11. The molecule has 17 heavy (non-hydrogen) atoms. The number of amides is 1. The molecule has 0 saturated carbocycles. The molecule has 1 rings (SSSR count). The van der Waals surface area contributed by atoms with Crippen LogP contribution in [0.3, 0.4) is 0 Å². The number of rotatable bonds is 6. The van der Waals surface area contributed by atoms with Crippen LogP contribution in [0, 0.1) is 6.92 Å². The summed E-state index contributed by atoms with van der Waals surface area (Å²) in [7, 11) is 3.49. The normalized spacial score (nSPS) is 10.1. The fraction of sp³-hybridized carbons (Fsp3) is 0.462. The van der Waals surface area contributed by atoms with E-state index in [-0.39, 0.29) is 5.91 Å². The predicted molar refractivity (Wildman–Crippen MR) is 68.2 cm³/mol. The van der Waals surface area contributed by atoms with E-state index < -0.39 is 0 Å². The summed E-state index contributed by atoms with van der Waals surface area (Å²) in [6.07, 6.45) is 0. The molecule has 4 nitrogen and oxygen atoms in total. The summed E-state index contributed by atoms with van der Waals surface area (Å²) in [5.74, 6) is 0.936. The molecule has 0 radical (unpaired) electrons. The van der Waals surface area contributed by atoms with Gasteiger partial charge in [-0.2, -0.15) is 0 Å². The summed E-state index contributed by atoms with van der Waals surface area (Å²) in [4.78, 5) is 12.8. The highest BCUT2D eigenvalue weighted by atomic mass is 16.5. The zero-order valence-electron chi connectivity index (χ0n) is 10.7. The molecule has 0 atom stereocenters. The average molecular weight is 236 g/mol. The lowest BCUT2D eigenvalue weighted by molar-refractivity contribution is -0.127. The molecule has 94 valence electrons. The summed E-state index contributed by atoms with van der Waals surface area (Å²) in [6, 6.07) is 7.91. The lowest BCUT2D eigenvalue weighted by atomic mass is 10.2. The van der Waals surface area contributed by atoms with Gasteiger partial charge in [0.1, 0.15) is 12.4 Å². The van der Waals surface area contributed by atoms with Crippen LogP contribution < -0.4 is 10.1 Å². The third-order valence-corrected chi connectivity index (χ3v) is 2.31. The standard InChI is InChI=1S/C13H20N2O2/c1-11-5-4-6-12(9-11)17-8-7-14-10-13(16)15(2)3/h4-6,9,14H,7-8,10H2,1-3H3. The minimum atomic E-state index is 0.0700. The van der Waals surface area contributed by atoms with Crippen molar-refractivity contribution in [2.75, 3.05) is 33.8 Å². The number of nitrogens with one attached hydrogen (secondary N) is 1. The molecule has 0 aliphatic carbocycles. The van der Waals surface area contributed by atoms with Gasteiger partial charge < -0.3 is 15.0 Å². The van der Waals surface area contributed by atoms with E-state index in [1.54, 1.807) is 19.0 Å². The Labute approximate surface area is 103 Å². The molecule has 0 unspecified atom stereocenters. The van der Waals surface area contributed by atoms with Crippen LogP contribution in [0.2, 0.25) is 0 Å². The van der Waals surface area contributed by atoms with Crippen LogP contribution in [0.4, 0.5) is 0 Å². The van der Waals surface area contributed by atoms with Gasteiger partial charge in [-0.25, -0.2) is 0 Å². The second-order valence-corrected chi connectivity index (χ2v) is 4.13. The molecule has 1 aromatic carbocycles. The average Bonchev–Trinajstić information content (AvgIpc) is 2.28. The van der Waals surface area contributed by atoms with Crippen LogP contribution in [0.1, 0.15) is 5.56 Å². The van der Waals surface area contributed by atoms with E-state index in [0.717, 1.165) is 5.75 Å². The summed E-state index contributed by atoms with van der Waals surface area (Å²) in [5, 5.41) is 3.04. The minimum Gasteiger partial charge on any atom is -0.492 e. The number of benzene rings is 1. The van der Waals surface area contributed by atoms with E-state index in [9.17, 15) is 4.79 Å². The molecule has 4 heteroatoms. The number of nitrogens with zero attached hydrogens (tertiary/aromatic N) is 1. The molecule has 0 saturated heterocycles. The van der Waals surface area contributed by atoms with Crippen LogP contribution >= 0.6 is 0 Å². The van der Waals surface area contributed by atoms with Crippen molar-refractivity contribution in [3.8, 4) is 5.75 Å². The topological polar surface area (TPSA) is 41.6 Å². The van der Waals surface area contributed by atoms with Crippen LogP contribution in [0.5, 0.6) is 5.75 Å². The lowest BCUT2D eigenvalue weighted by Crippen LogP contribution is -2.34. The molecule has 1 amide bonds. The highest BCUT2D eigenvalue weighted by Gasteiger charge is 2.01. The number of likely N-dealkylation sites (N-methyl/N-ethyl adjacent to an activating group) is 1. The smallest absolute Gasteiger partial charge is 0.236 e. The van der Waals surface area contributed by atoms with Gasteiger partial charge in [0.25, 0.3) is 0 Å². The molecular weight excluding hydrogens is 216 g/mol. The zero-order valence-corrected chi connectivity index (χ0v) is 10.7. The summed E-state index contributed by atoms with van der Waals surface area (Å²) in [6.45, 7) is 3.60. The van der Waals surface area contributed by atoms with Crippen molar-refractivity contribution in [1.82, 2.24) is 10.2 Å². The first-order valence-electron chi connectivity index (χ1n) is 5.70. The van der Waals surface area contributed by atoms with Crippen molar-refractivity contribution in [1.29, 1.82) is 0 Å². The SMILES string of the molecule is Cc1cccc(OCCNCC(=O)N(C)C)c1. The van der Waals surface area contributed by atoms with Gasteiger partial charge in [-0.15, -0.1) is 0 Å². The Kier molecular flexibility index (Phi) is 5.49. The van der Waals surface area contributed by atoms with E-state index in [2.05, 4.69) is 5.32 Å². The maximum Gasteiger partial charge on any atom is 0.236 e. The summed E-state index contributed by atoms with van der Waals surface area (Å²) in [5.41, 5.74) is 1.18. The Balaban J connectivity index is 2.14. The molecule has 0 aliphatic rings. The maximum absolute atomic E-state index is 11.2. The van der Waals surface area contributed by atoms with Gasteiger partial charge >= 0.3 is 0 Å². The summed E-state index contributed by atoms with van der Waals surface area (Å²) < 4.78 is 5.54. The van der Waals surface area contributed by atoms with Crippen molar-refractivity contribution in [3.63, 3.8) is 0 Å². The molecule has 0 heterocycles. The first kappa shape index (κ1) is 13.5. The van der Waals surface area contributed by atoms with Gasteiger partial charge in [0.2, 0.25) is 5.91 Å². The van der Waals surface area contributed by atoms with Crippen molar-refractivity contribution < 1.29 is 9.53 Å². The molecule has 0 bridgehead atoms. The third-order valence-electron chi connectivity index (χ3n) is 2.31. The minimum absolute atomic E-state index is 0.0700. The molecule has 1 aromatic rings. The van der Waals surface area contributed by atoms with E-state index >= 15 is 0 Å². The van der Waals surface area contributed by atoms with Gasteiger partial charge in [0.05, 0.1) is 6.54 Å². The van der Waals surface area contributed by atoms with Gasteiger partial charge in [-0.1, -0.05) is 12.1 Å². The van der Waals surface area contributed by atoms with Crippen LogP contribution in [-0.4, -0.2) is 44.6 Å². The van der Waals surface area contributed by atoms with Gasteiger partial charge in [0, 0.05) is 20.6 Å². The van der Waals surface area contributed by atoms with Crippen LogP contribution in [0.15, 0.2) is 24.3 Å². The van der Waals surface area contributed by atoms with Crippen LogP contribution in [-0.2, 0) is 4.79 Å². The number of aryl methyl sites for hydroxylation is 1. The monoisotopic (exact) mass is 236 g/mol. The highest BCUT2D eigenvalue weighted by Crippen LogP contribution is 2.11. The molecule has 0 fully saturated rings. The first-order valence-corrected chi connectivity index (χ1v) is 5.70. The quantitative estimate of drug-likeness (QED) is 0.751. The van der Waals surface area contributed by atoms with Crippen molar-refractivity contribution >= 4 is 5.91 Å². The van der Waals surface area contributed by atoms with E-state index in [0.29, 0.717) is 19.7 Å². The Morgan fingerprint density at radius 3 is 2.82 bits per heavy atom. The molecule has 0 aliphatic heterocycles. The Morgan fingerprint density at radius 1 is 1.41 bits per heavy atom. The van der Waals surface area contributed by atoms with Crippen molar-refractivity contribution in [2.45, 2.75) is 6.92 Å². The second kappa shape index (κ2) is 6.91. The molecule has 1 N–H and O–H groups in total. The zero-order chi connectivity index (χ0) is 12.7. The molecule has 0 aromatic heterocycles. The number of carbonyl (C=O) groups excluding carboxylic acids is 1. The molecule has 0 spiro atoms.